The van der Waals surface area contributed by atoms with Gasteiger partial charge in [0.05, 0.1) is 9.92 Å². The molecule has 7 heteroatoms. The number of nitrogens with one attached hydrogen (secondary N) is 1. The van der Waals surface area contributed by atoms with Crippen molar-refractivity contribution in [2.45, 2.75) is 37.6 Å². The van der Waals surface area contributed by atoms with Crippen LogP contribution in [0.4, 0.5) is 0 Å². The van der Waals surface area contributed by atoms with E-state index in [1.807, 2.05) is 25.3 Å². The maximum Gasteiger partial charge on any atom is 1.00 e. The van der Waals surface area contributed by atoms with Gasteiger partial charge in [0.1, 0.15) is 0 Å². The number of hydrogen-bond donors (Lipinski definition) is 1. The van der Waals surface area contributed by atoms with E-state index in [4.69, 9.17) is 11.6 Å². The number of thiophene rings is 1. The molecule has 22 heavy (non-hydrogen) atoms. The van der Waals surface area contributed by atoms with Crippen LogP contribution in [0.3, 0.4) is 0 Å². The van der Waals surface area contributed by atoms with Crippen molar-refractivity contribution in [3.8, 4) is 0 Å². The molecule has 0 saturated carbocycles. The van der Waals surface area contributed by atoms with Crippen molar-refractivity contribution in [2.24, 2.45) is 0 Å². The predicted octanol–water partition coefficient (Wildman–Crippen LogP) is 1.13. The van der Waals surface area contributed by atoms with Crippen molar-refractivity contribution >= 4 is 33.0 Å². The summed E-state index contributed by atoms with van der Waals surface area (Å²) in [4.78, 5) is 1.30. The summed E-state index contributed by atoms with van der Waals surface area (Å²) in [6.45, 7) is 3.89. The van der Waals surface area contributed by atoms with E-state index < -0.39 is 10.0 Å². The molecule has 0 saturated heterocycles. The van der Waals surface area contributed by atoms with E-state index in [2.05, 4.69) is 4.72 Å². The second-order valence-corrected chi connectivity index (χ2v) is 8.06. The van der Waals surface area contributed by atoms with E-state index in [-0.39, 0.29) is 26.3 Å². The van der Waals surface area contributed by atoms with Crippen LogP contribution in [-0.2, 0) is 16.4 Å². The molecule has 1 N–H and O–H groups in total. The first kappa shape index (κ1) is 19.8. The number of aryl methyl sites for hydroxylation is 1. The number of hydrogen-bond acceptors (Lipinski definition) is 3. The van der Waals surface area contributed by atoms with Gasteiger partial charge in [-0.3, -0.25) is 0 Å². The summed E-state index contributed by atoms with van der Waals surface area (Å²) in [6.07, 6.45) is 1.32. The van der Waals surface area contributed by atoms with Crippen molar-refractivity contribution < 1.29 is 28.7 Å². The summed E-state index contributed by atoms with van der Waals surface area (Å²) in [5.41, 5.74) is 1.03. The Bertz CT molecular complexity index is 705. The molecule has 0 fully saturated rings. The second-order valence-electron chi connectivity index (χ2n) is 4.94. The van der Waals surface area contributed by atoms with Gasteiger partial charge in [-0.15, -0.1) is 11.3 Å². The fourth-order valence-corrected chi connectivity index (χ4v) is 4.48. The minimum absolute atomic E-state index is 0. The molecule has 0 aliphatic heterocycles. The summed E-state index contributed by atoms with van der Waals surface area (Å²) in [5, 5.41) is 2.62. The molecule has 3 nitrogen and oxygen atoms in total. The Kier molecular flexibility index (Phi) is 7.67. The van der Waals surface area contributed by atoms with Crippen LogP contribution in [0.1, 0.15) is 25.2 Å². The van der Waals surface area contributed by atoms with Gasteiger partial charge in [-0.1, -0.05) is 36.2 Å². The first-order valence-electron chi connectivity index (χ1n) is 6.73. The van der Waals surface area contributed by atoms with Crippen LogP contribution in [-0.4, -0.2) is 14.5 Å². The molecule has 0 radical (unpaired) electrons. The Hall–Kier alpha value is -0.283. The van der Waals surface area contributed by atoms with E-state index in [0.29, 0.717) is 22.8 Å². The molecule has 1 atom stereocenters. The van der Waals surface area contributed by atoms with Crippen LogP contribution in [0, 0.1) is 6.92 Å². The first-order chi connectivity index (χ1) is 9.92. The topological polar surface area (TPSA) is 46.2 Å². The summed E-state index contributed by atoms with van der Waals surface area (Å²) < 4.78 is 27.5. The number of sulfonamides is 1. The zero-order valence-electron chi connectivity index (χ0n) is 14.0. The Morgan fingerprint density at radius 3 is 2.41 bits per heavy atom. The SMILES string of the molecule is CC[C@H](Cc1sccc1Cl)NS(=O)(=O)c1ccc(C)cc1.[H-].[Li+]. The molecule has 1 aromatic heterocycles. The Morgan fingerprint density at radius 2 is 1.91 bits per heavy atom. The molecule has 0 aliphatic carbocycles. The average molecular weight is 352 g/mol. The molecule has 0 unspecified atom stereocenters. The van der Waals surface area contributed by atoms with Gasteiger partial charge < -0.3 is 1.43 Å². The third-order valence-electron chi connectivity index (χ3n) is 3.27. The predicted molar refractivity (Wildman–Crippen MR) is 89.7 cm³/mol. The van der Waals surface area contributed by atoms with E-state index in [1.165, 1.54) is 0 Å². The Morgan fingerprint density at radius 1 is 1.27 bits per heavy atom. The normalized spacial score (nSPS) is 12.7. The Labute approximate surface area is 154 Å². The molecule has 2 aromatic rings. The maximum absolute atomic E-state index is 12.4. The van der Waals surface area contributed by atoms with Gasteiger partial charge in [0, 0.05) is 10.9 Å². The fraction of sp³-hybridized carbons (Fsp3) is 0.333. The zero-order valence-corrected chi connectivity index (χ0v) is 15.4. The minimum atomic E-state index is -3.49. The molecule has 0 amide bonds. The zero-order chi connectivity index (χ0) is 15.5. The van der Waals surface area contributed by atoms with Gasteiger partial charge >= 0.3 is 18.9 Å². The van der Waals surface area contributed by atoms with E-state index in [0.717, 1.165) is 10.4 Å². The van der Waals surface area contributed by atoms with Crippen LogP contribution in [0.5, 0.6) is 0 Å². The quantitative estimate of drug-likeness (QED) is 0.793. The standard InChI is InChI=1S/C15H18ClNO2S2.Li.H/c1-3-12(10-15-14(16)8-9-20-15)17-21(18,19)13-6-4-11(2)5-7-13;;/h4-9,12,17H,3,10H2,1-2H3;;/q;+1;-1/t12-;;/m1../s1. The molecule has 116 valence electrons. The largest absolute Gasteiger partial charge is 1.00 e. The molecule has 0 spiro atoms. The summed E-state index contributed by atoms with van der Waals surface area (Å²) in [6, 6.07) is 8.53. The summed E-state index contributed by atoms with van der Waals surface area (Å²) >= 11 is 7.63. The monoisotopic (exact) mass is 351 g/mol. The van der Waals surface area contributed by atoms with Crippen LogP contribution in [0.25, 0.3) is 0 Å². The van der Waals surface area contributed by atoms with E-state index in [9.17, 15) is 8.42 Å². The molecule has 1 aromatic carbocycles. The number of rotatable bonds is 6. The molecule has 2 rings (SSSR count). The van der Waals surface area contributed by atoms with Gasteiger partial charge in [0.15, 0.2) is 0 Å². The van der Waals surface area contributed by atoms with Gasteiger partial charge in [-0.2, -0.15) is 0 Å². The fourth-order valence-electron chi connectivity index (χ4n) is 1.97. The molecule has 0 aliphatic rings. The Balaban J connectivity index is 0.00000242. The number of halogens is 1. The molecular formula is C15H19ClLiNO2S2. The van der Waals surface area contributed by atoms with Crippen molar-refractivity contribution in [1.82, 2.24) is 4.72 Å². The maximum atomic E-state index is 12.4. The van der Waals surface area contributed by atoms with Gasteiger partial charge in [-0.05, 0) is 43.3 Å². The average Bonchev–Trinajstić information content (AvgIpc) is 2.83. The van der Waals surface area contributed by atoms with Crippen molar-refractivity contribution in [3.63, 3.8) is 0 Å². The summed E-state index contributed by atoms with van der Waals surface area (Å²) in [7, 11) is -3.49. The van der Waals surface area contributed by atoms with E-state index in [1.54, 1.807) is 35.6 Å². The third-order valence-corrected chi connectivity index (χ3v) is 6.21. The van der Waals surface area contributed by atoms with Crippen LogP contribution >= 0.6 is 22.9 Å². The minimum Gasteiger partial charge on any atom is -1.00 e. The van der Waals surface area contributed by atoms with Crippen molar-refractivity contribution in [2.75, 3.05) is 0 Å². The first-order valence-corrected chi connectivity index (χ1v) is 9.47. The van der Waals surface area contributed by atoms with Crippen LogP contribution < -0.4 is 23.6 Å². The van der Waals surface area contributed by atoms with Crippen LogP contribution in [0.2, 0.25) is 5.02 Å². The molecule has 1 heterocycles. The smallest absolute Gasteiger partial charge is 1.00 e. The van der Waals surface area contributed by atoms with Gasteiger partial charge in [-0.25, -0.2) is 13.1 Å². The molecule has 0 bridgehead atoms. The van der Waals surface area contributed by atoms with Gasteiger partial charge in [0.2, 0.25) is 10.0 Å². The second kappa shape index (κ2) is 8.54. The summed E-state index contributed by atoms with van der Waals surface area (Å²) in [5.74, 6) is 0. The van der Waals surface area contributed by atoms with Gasteiger partial charge in [0.25, 0.3) is 0 Å². The van der Waals surface area contributed by atoms with E-state index >= 15 is 0 Å². The van der Waals surface area contributed by atoms with Crippen LogP contribution in [0.15, 0.2) is 40.6 Å². The van der Waals surface area contributed by atoms with Crippen molar-refractivity contribution in [3.05, 3.63) is 51.2 Å². The van der Waals surface area contributed by atoms with Crippen molar-refractivity contribution in [1.29, 1.82) is 0 Å². The third kappa shape index (κ3) is 5.12. The molecular weight excluding hydrogens is 333 g/mol. The number of benzene rings is 1.